The van der Waals surface area contributed by atoms with E-state index in [0.29, 0.717) is 63.2 Å². The van der Waals surface area contributed by atoms with Crippen LogP contribution >= 0.6 is 0 Å². The summed E-state index contributed by atoms with van der Waals surface area (Å²) in [6.07, 6.45) is 1.69. The number of nitrogens with zero attached hydrogens (tertiary/aromatic N) is 6. The Morgan fingerprint density at radius 3 is 2.09 bits per heavy atom. The first-order valence-electron chi connectivity index (χ1n) is 11.4. The number of morpholine rings is 2. The molecule has 1 N–H and O–H groups in total. The van der Waals surface area contributed by atoms with E-state index in [0.717, 1.165) is 37.5 Å². The van der Waals surface area contributed by atoms with Crippen LogP contribution in [0.2, 0.25) is 0 Å². The molecule has 0 radical (unpaired) electrons. The Bertz CT molecular complexity index is 895. The van der Waals surface area contributed by atoms with Crippen LogP contribution in [0.1, 0.15) is 19.4 Å². The molecule has 0 unspecified atom stereocenters. The van der Waals surface area contributed by atoms with Gasteiger partial charge >= 0.3 is 0 Å². The van der Waals surface area contributed by atoms with E-state index in [1.165, 1.54) is 0 Å². The number of benzene rings is 1. The summed E-state index contributed by atoms with van der Waals surface area (Å²) in [7, 11) is 0. The highest BCUT2D eigenvalue weighted by Gasteiger charge is 2.20. The molecule has 0 atom stereocenters. The highest BCUT2D eigenvalue weighted by molar-refractivity contribution is 5.84. The summed E-state index contributed by atoms with van der Waals surface area (Å²) < 4.78 is 22.2. The number of rotatable bonds is 9. The summed E-state index contributed by atoms with van der Waals surface area (Å²) in [5.41, 5.74) is 3.79. The summed E-state index contributed by atoms with van der Waals surface area (Å²) in [6.45, 7) is 10.6. The monoisotopic (exact) mass is 457 g/mol. The Morgan fingerprint density at radius 2 is 1.52 bits per heavy atom. The van der Waals surface area contributed by atoms with E-state index >= 15 is 0 Å². The third-order valence-electron chi connectivity index (χ3n) is 5.16. The Balaban J connectivity index is 1.54. The minimum Gasteiger partial charge on any atom is -0.494 e. The quantitative estimate of drug-likeness (QED) is 0.442. The molecule has 2 aliphatic heterocycles. The Labute approximate surface area is 193 Å². The molecule has 11 heteroatoms. The van der Waals surface area contributed by atoms with Crippen LogP contribution in [0, 0.1) is 0 Å². The predicted octanol–water partition coefficient (Wildman–Crippen LogP) is 1.79. The van der Waals surface area contributed by atoms with Crippen LogP contribution in [-0.2, 0) is 9.47 Å². The van der Waals surface area contributed by atoms with Gasteiger partial charge in [0, 0.05) is 37.8 Å². The van der Waals surface area contributed by atoms with Crippen LogP contribution in [0.4, 0.5) is 17.8 Å². The SMILES string of the molecule is CCOc1ccc(/C=N/Nc2nc(N3CCOCC3)nc(N3CCOCC3)n2)c(OCC)c1. The summed E-state index contributed by atoms with van der Waals surface area (Å²) in [5.74, 6) is 3.07. The molecule has 2 aromatic rings. The molecule has 4 rings (SSSR count). The first-order valence-corrected chi connectivity index (χ1v) is 11.4. The zero-order valence-electron chi connectivity index (χ0n) is 19.2. The number of hydrogen-bond acceptors (Lipinski definition) is 11. The van der Waals surface area contributed by atoms with Gasteiger partial charge < -0.3 is 28.7 Å². The number of aromatic nitrogens is 3. The van der Waals surface area contributed by atoms with Gasteiger partial charge in [0.2, 0.25) is 17.8 Å². The molecule has 178 valence electrons. The molecule has 1 aromatic heterocycles. The fourth-order valence-electron chi connectivity index (χ4n) is 3.53. The average molecular weight is 458 g/mol. The lowest BCUT2D eigenvalue weighted by atomic mass is 10.2. The number of anilines is 3. The Hall–Kier alpha value is -3.18. The molecule has 2 saturated heterocycles. The van der Waals surface area contributed by atoms with Gasteiger partial charge in [-0.25, -0.2) is 5.43 Å². The van der Waals surface area contributed by atoms with Crippen molar-refractivity contribution in [2.45, 2.75) is 13.8 Å². The van der Waals surface area contributed by atoms with Gasteiger partial charge in [0.25, 0.3) is 0 Å². The van der Waals surface area contributed by atoms with Crippen LogP contribution in [0.25, 0.3) is 0 Å². The number of hydrazone groups is 1. The van der Waals surface area contributed by atoms with Gasteiger partial charge in [0.1, 0.15) is 11.5 Å². The highest BCUT2D eigenvalue weighted by atomic mass is 16.5. The van der Waals surface area contributed by atoms with Crippen LogP contribution in [0.5, 0.6) is 11.5 Å². The van der Waals surface area contributed by atoms with Crippen molar-refractivity contribution in [3.63, 3.8) is 0 Å². The van der Waals surface area contributed by atoms with E-state index in [-0.39, 0.29) is 0 Å². The topological polar surface area (TPSA) is 106 Å². The summed E-state index contributed by atoms with van der Waals surface area (Å²) in [6, 6.07) is 5.67. The van der Waals surface area contributed by atoms with Crippen molar-refractivity contribution < 1.29 is 18.9 Å². The van der Waals surface area contributed by atoms with Crippen molar-refractivity contribution in [1.82, 2.24) is 15.0 Å². The lowest BCUT2D eigenvalue weighted by Gasteiger charge is -2.30. The smallest absolute Gasteiger partial charge is 0.250 e. The van der Waals surface area contributed by atoms with Gasteiger partial charge in [-0.1, -0.05) is 0 Å². The predicted molar refractivity (Wildman–Crippen MR) is 126 cm³/mol. The van der Waals surface area contributed by atoms with Crippen molar-refractivity contribution in [3.8, 4) is 11.5 Å². The summed E-state index contributed by atoms with van der Waals surface area (Å²) >= 11 is 0. The molecule has 0 saturated carbocycles. The standard InChI is InChI=1S/C22H31N7O4/c1-3-32-18-6-5-17(19(15-18)33-4-2)16-23-27-20-24-21(28-7-11-30-12-8-28)26-22(25-20)29-9-13-31-14-10-29/h5-6,15-16H,3-4,7-14H2,1-2H3,(H,24,25,26,27)/b23-16+. The molecule has 2 fully saturated rings. The largest absolute Gasteiger partial charge is 0.494 e. The second-order valence-corrected chi connectivity index (χ2v) is 7.39. The Kier molecular flexibility index (Phi) is 8.09. The third kappa shape index (κ3) is 6.20. The normalized spacial score (nSPS) is 16.8. The van der Waals surface area contributed by atoms with Crippen molar-refractivity contribution in [2.24, 2.45) is 5.10 Å². The van der Waals surface area contributed by atoms with Crippen LogP contribution < -0.4 is 24.7 Å². The van der Waals surface area contributed by atoms with Crippen LogP contribution in [0.15, 0.2) is 23.3 Å². The van der Waals surface area contributed by atoms with Crippen LogP contribution in [-0.4, -0.2) is 87.0 Å². The Morgan fingerprint density at radius 1 is 0.909 bits per heavy atom. The third-order valence-corrected chi connectivity index (χ3v) is 5.16. The van der Waals surface area contributed by atoms with E-state index < -0.39 is 0 Å². The van der Waals surface area contributed by atoms with Gasteiger partial charge in [-0.2, -0.15) is 20.1 Å². The first-order chi connectivity index (χ1) is 16.3. The fraction of sp³-hybridized carbons (Fsp3) is 0.545. The average Bonchev–Trinajstić information content (AvgIpc) is 2.86. The zero-order chi connectivity index (χ0) is 22.9. The molecule has 33 heavy (non-hydrogen) atoms. The molecular weight excluding hydrogens is 426 g/mol. The molecule has 0 bridgehead atoms. The van der Waals surface area contributed by atoms with Crippen molar-refractivity contribution in [3.05, 3.63) is 23.8 Å². The van der Waals surface area contributed by atoms with E-state index in [9.17, 15) is 0 Å². The number of hydrogen-bond donors (Lipinski definition) is 1. The van der Waals surface area contributed by atoms with Crippen molar-refractivity contribution in [2.75, 3.05) is 81.0 Å². The summed E-state index contributed by atoms with van der Waals surface area (Å²) in [4.78, 5) is 18.1. The van der Waals surface area contributed by atoms with E-state index in [1.807, 2.05) is 32.0 Å². The highest BCUT2D eigenvalue weighted by Crippen LogP contribution is 2.24. The van der Waals surface area contributed by atoms with Gasteiger partial charge in [-0.15, -0.1) is 0 Å². The minimum atomic E-state index is 0.383. The molecule has 3 heterocycles. The maximum atomic E-state index is 5.75. The zero-order valence-corrected chi connectivity index (χ0v) is 19.2. The minimum absolute atomic E-state index is 0.383. The van der Waals surface area contributed by atoms with E-state index in [1.54, 1.807) is 6.21 Å². The van der Waals surface area contributed by atoms with Crippen molar-refractivity contribution >= 4 is 24.1 Å². The molecule has 0 amide bonds. The lowest BCUT2D eigenvalue weighted by Crippen LogP contribution is -2.40. The number of ether oxygens (including phenoxy) is 4. The molecular formula is C22H31N7O4. The van der Waals surface area contributed by atoms with E-state index in [2.05, 4.69) is 30.3 Å². The van der Waals surface area contributed by atoms with Crippen LogP contribution in [0.3, 0.4) is 0 Å². The lowest BCUT2D eigenvalue weighted by molar-refractivity contribution is 0.121. The second-order valence-electron chi connectivity index (χ2n) is 7.39. The molecule has 1 aromatic carbocycles. The van der Waals surface area contributed by atoms with Gasteiger partial charge in [0.05, 0.1) is 45.9 Å². The summed E-state index contributed by atoms with van der Waals surface area (Å²) in [5, 5.41) is 4.37. The maximum Gasteiger partial charge on any atom is 0.250 e. The molecule has 11 nitrogen and oxygen atoms in total. The van der Waals surface area contributed by atoms with Crippen molar-refractivity contribution in [1.29, 1.82) is 0 Å². The number of nitrogens with one attached hydrogen (secondary N) is 1. The fourth-order valence-corrected chi connectivity index (χ4v) is 3.53. The first kappa shape index (κ1) is 23.0. The van der Waals surface area contributed by atoms with Gasteiger partial charge in [-0.05, 0) is 26.0 Å². The molecule has 0 aliphatic carbocycles. The molecule has 2 aliphatic rings. The van der Waals surface area contributed by atoms with E-state index in [4.69, 9.17) is 23.9 Å². The maximum absolute atomic E-state index is 5.75. The molecule has 0 spiro atoms. The van der Waals surface area contributed by atoms with Gasteiger partial charge in [0.15, 0.2) is 0 Å². The second kappa shape index (κ2) is 11.6. The van der Waals surface area contributed by atoms with Gasteiger partial charge in [-0.3, -0.25) is 0 Å².